The summed E-state index contributed by atoms with van der Waals surface area (Å²) in [6, 6.07) is 10.6. The van der Waals surface area contributed by atoms with Crippen LogP contribution in [-0.2, 0) is 4.79 Å². The topological polar surface area (TPSA) is 37.4 Å². The van der Waals surface area contributed by atoms with Crippen LogP contribution in [0.4, 0.5) is 10.1 Å². The number of carbonyl (C=O) groups is 2. The van der Waals surface area contributed by atoms with Crippen LogP contribution in [0, 0.1) is 5.82 Å². The van der Waals surface area contributed by atoms with Crippen LogP contribution in [0.15, 0.2) is 46.9 Å². The van der Waals surface area contributed by atoms with Crippen LogP contribution in [0.25, 0.3) is 0 Å². The Morgan fingerprint density at radius 3 is 2.35 bits per heavy atom. The van der Waals surface area contributed by atoms with Gasteiger partial charge in [-0.25, -0.2) is 4.39 Å². The third-order valence-electron chi connectivity index (χ3n) is 2.82. The predicted molar refractivity (Wildman–Crippen MR) is 78.4 cm³/mol. The van der Waals surface area contributed by atoms with E-state index in [9.17, 15) is 14.0 Å². The molecule has 102 valence electrons. The van der Waals surface area contributed by atoms with Crippen molar-refractivity contribution in [3.05, 3.63) is 63.9 Å². The standard InChI is InChI=1S/C15H11BrFNO2/c1-18(9-19)14-4-2-10(3-5-14)15(20)11-6-12(16)8-13(17)7-11/h2-9H,1H3. The SMILES string of the molecule is CN(C=O)c1ccc(C(=O)c2cc(F)cc(Br)c2)cc1. The van der Waals surface area contributed by atoms with Gasteiger partial charge in [0.2, 0.25) is 6.41 Å². The first-order valence-electron chi connectivity index (χ1n) is 5.80. The molecule has 20 heavy (non-hydrogen) atoms. The first kappa shape index (κ1) is 14.4. The minimum absolute atomic E-state index is 0.272. The van der Waals surface area contributed by atoms with Gasteiger partial charge in [-0.15, -0.1) is 0 Å². The molecule has 0 fully saturated rings. The van der Waals surface area contributed by atoms with Gasteiger partial charge in [-0.3, -0.25) is 9.59 Å². The summed E-state index contributed by atoms with van der Waals surface area (Å²) in [5.41, 5.74) is 1.39. The molecule has 0 radical (unpaired) electrons. The van der Waals surface area contributed by atoms with Crippen LogP contribution >= 0.6 is 15.9 Å². The molecule has 0 aliphatic heterocycles. The number of amides is 1. The van der Waals surface area contributed by atoms with Crippen molar-refractivity contribution in [3.8, 4) is 0 Å². The van der Waals surface area contributed by atoms with Gasteiger partial charge in [-0.2, -0.15) is 0 Å². The van der Waals surface area contributed by atoms with E-state index in [1.54, 1.807) is 37.4 Å². The molecule has 0 aromatic heterocycles. The first-order chi connectivity index (χ1) is 9.51. The van der Waals surface area contributed by atoms with Gasteiger partial charge in [0.15, 0.2) is 5.78 Å². The number of halogens is 2. The zero-order valence-electron chi connectivity index (χ0n) is 10.6. The van der Waals surface area contributed by atoms with Gasteiger partial charge in [-0.05, 0) is 42.5 Å². The van der Waals surface area contributed by atoms with Crippen LogP contribution in [0.5, 0.6) is 0 Å². The van der Waals surface area contributed by atoms with Gasteiger partial charge >= 0.3 is 0 Å². The van der Waals surface area contributed by atoms with Crippen molar-refractivity contribution in [1.29, 1.82) is 0 Å². The monoisotopic (exact) mass is 335 g/mol. The molecule has 0 aliphatic carbocycles. The number of carbonyl (C=O) groups excluding carboxylic acids is 2. The summed E-state index contributed by atoms with van der Waals surface area (Å²) in [6.45, 7) is 0. The highest BCUT2D eigenvalue weighted by atomic mass is 79.9. The normalized spacial score (nSPS) is 10.2. The number of anilines is 1. The van der Waals surface area contributed by atoms with Crippen LogP contribution < -0.4 is 4.90 Å². The van der Waals surface area contributed by atoms with Crippen LogP contribution in [0.3, 0.4) is 0 Å². The molecule has 0 spiro atoms. The fraction of sp³-hybridized carbons (Fsp3) is 0.0667. The maximum absolute atomic E-state index is 13.3. The lowest BCUT2D eigenvalue weighted by molar-refractivity contribution is -0.107. The van der Waals surface area contributed by atoms with Crippen LogP contribution in [-0.4, -0.2) is 19.2 Å². The Labute approximate surface area is 124 Å². The molecule has 0 heterocycles. The van der Waals surface area contributed by atoms with E-state index in [0.29, 0.717) is 22.1 Å². The maximum atomic E-state index is 13.3. The second-order valence-electron chi connectivity index (χ2n) is 4.25. The molecule has 0 atom stereocenters. The number of rotatable bonds is 4. The third-order valence-corrected chi connectivity index (χ3v) is 3.28. The van der Waals surface area contributed by atoms with Crippen molar-refractivity contribution in [2.75, 3.05) is 11.9 Å². The van der Waals surface area contributed by atoms with Crippen LogP contribution in [0.2, 0.25) is 0 Å². The fourth-order valence-electron chi connectivity index (χ4n) is 1.76. The molecule has 2 aromatic rings. The minimum Gasteiger partial charge on any atom is -0.318 e. The quantitative estimate of drug-likeness (QED) is 0.634. The second kappa shape index (κ2) is 5.96. The second-order valence-corrected chi connectivity index (χ2v) is 5.17. The van der Waals surface area contributed by atoms with Gasteiger partial charge in [-0.1, -0.05) is 15.9 Å². The molecule has 2 aromatic carbocycles. The Morgan fingerprint density at radius 1 is 1.15 bits per heavy atom. The molecule has 0 bridgehead atoms. The Morgan fingerprint density at radius 2 is 1.80 bits per heavy atom. The van der Waals surface area contributed by atoms with E-state index in [1.807, 2.05) is 0 Å². The summed E-state index contributed by atoms with van der Waals surface area (Å²) in [5, 5.41) is 0. The Bertz CT molecular complexity index is 635. The van der Waals surface area contributed by atoms with Crippen molar-refractivity contribution < 1.29 is 14.0 Å². The molecule has 2 rings (SSSR count). The smallest absolute Gasteiger partial charge is 0.213 e. The molecule has 0 N–H and O–H groups in total. The van der Waals surface area contributed by atoms with Gasteiger partial charge in [0.25, 0.3) is 0 Å². The van der Waals surface area contributed by atoms with E-state index in [2.05, 4.69) is 15.9 Å². The first-order valence-corrected chi connectivity index (χ1v) is 6.59. The Balaban J connectivity index is 2.31. The number of hydrogen-bond donors (Lipinski definition) is 0. The molecule has 3 nitrogen and oxygen atoms in total. The number of benzene rings is 2. The van der Waals surface area contributed by atoms with Crippen molar-refractivity contribution >= 4 is 33.8 Å². The van der Waals surface area contributed by atoms with Crippen molar-refractivity contribution in [1.82, 2.24) is 0 Å². The molecule has 0 saturated heterocycles. The van der Waals surface area contributed by atoms with E-state index in [0.717, 1.165) is 0 Å². The van der Waals surface area contributed by atoms with Crippen LogP contribution in [0.1, 0.15) is 15.9 Å². The highest BCUT2D eigenvalue weighted by Gasteiger charge is 2.11. The molecular formula is C15H11BrFNO2. The largest absolute Gasteiger partial charge is 0.318 e. The van der Waals surface area contributed by atoms with Gasteiger partial charge in [0.1, 0.15) is 5.82 Å². The Kier molecular flexibility index (Phi) is 4.29. The number of ketones is 1. The molecule has 0 saturated carbocycles. The van der Waals surface area contributed by atoms with E-state index in [1.165, 1.54) is 17.0 Å². The third kappa shape index (κ3) is 3.11. The summed E-state index contributed by atoms with van der Waals surface area (Å²) in [7, 11) is 1.62. The zero-order chi connectivity index (χ0) is 14.7. The lowest BCUT2D eigenvalue weighted by Crippen LogP contribution is -2.13. The average Bonchev–Trinajstić information content (AvgIpc) is 2.45. The summed E-state index contributed by atoms with van der Waals surface area (Å²) >= 11 is 3.16. The lowest BCUT2D eigenvalue weighted by Gasteiger charge is -2.10. The van der Waals surface area contributed by atoms with E-state index in [-0.39, 0.29) is 11.3 Å². The highest BCUT2D eigenvalue weighted by Crippen LogP contribution is 2.19. The molecule has 1 amide bonds. The summed E-state index contributed by atoms with van der Waals surface area (Å²) in [6.07, 6.45) is 0.681. The molecular weight excluding hydrogens is 325 g/mol. The summed E-state index contributed by atoms with van der Waals surface area (Å²) < 4.78 is 13.8. The Hall–Kier alpha value is -2.01. The molecule has 5 heteroatoms. The van der Waals surface area contributed by atoms with E-state index >= 15 is 0 Å². The van der Waals surface area contributed by atoms with Gasteiger partial charge < -0.3 is 4.90 Å². The summed E-state index contributed by atoms with van der Waals surface area (Å²) in [4.78, 5) is 24.3. The number of hydrogen-bond acceptors (Lipinski definition) is 2. The highest BCUT2D eigenvalue weighted by molar-refractivity contribution is 9.10. The van der Waals surface area contributed by atoms with Gasteiger partial charge in [0.05, 0.1) is 0 Å². The fourth-order valence-corrected chi connectivity index (χ4v) is 2.23. The van der Waals surface area contributed by atoms with Crippen molar-refractivity contribution in [2.45, 2.75) is 0 Å². The van der Waals surface area contributed by atoms with Crippen molar-refractivity contribution in [3.63, 3.8) is 0 Å². The molecule has 0 aliphatic rings. The van der Waals surface area contributed by atoms with Gasteiger partial charge in [0, 0.05) is 28.3 Å². The number of nitrogens with zero attached hydrogens (tertiary/aromatic N) is 1. The molecule has 0 unspecified atom stereocenters. The maximum Gasteiger partial charge on any atom is 0.213 e. The summed E-state index contributed by atoms with van der Waals surface area (Å²) in [5.74, 6) is -0.745. The zero-order valence-corrected chi connectivity index (χ0v) is 12.2. The average molecular weight is 336 g/mol. The van der Waals surface area contributed by atoms with E-state index < -0.39 is 5.82 Å². The van der Waals surface area contributed by atoms with E-state index in [4.69, 9.17) is 0 Å². The predicted octanol–water partition coefficient (Wildman–Crippen LogP) is 3.41. The van der Waals surface area contributed by atoms with Crippen molar-refractivity contribution in [2.24, 2.45) is 0 Å². The minimum atomic E-state index is -0.472. The lowest BCUT2D eigenvalue weighted by atomic mass is 10.0.